The lowest BCUT2D eigenvalue weighted by molar-refractivity contribution is -0.141. The molecule has 2 aromatic rings. The summed E-state index contributed by atoms with van der Waals surface area (Å²) in [7, 11) is 0. The molecule has 0 bridgehead atoms. The van der Waals surface area contributed by atoms with E-state index in [0.717, 1.165) is 11.1 Å². The zero-order valence-electron chi connectivity index (χ0n) is 17.7. The normalized spacial score (nSPS) is 12.0. The number of carbonyl (C=O) groups excluding carboxylic acids is 2. The van der Waals surface area contributed by atoms with Gasteiger partial charge in [0.15, 0.2) is 0 Å². The zero-order chi connectivity index (χ0) is 23.1. The molecule has 0 aliphatic rings. The Hall–Kier alpha value is -1.46. The van der Waals surface area contributed by atoms with Crippen LogP contribution in [0.3, 0.4) is 0 Å². The molecule has 0 aliphatic carbocycles. The van der Waals surface area contributed by atoms with Gasteiger partial charge in [0.1, 0.15) is 6.04 Å². The van der Waals surface area contributed by atoms with Gasteiger partial charge in [-0.25, -0.2) is 0 Å². The molecule has 0 fully saturated rings. The summed E-state index contributed by atoms with van der Waals surface area (Å²) in [6, 6.07) is 9.64. The van der Waals surface area contributed by atoms with E-state index in [4.69, 9.17) is 46.4 Å². The van der Waals surface area contributed by atoms with E-state index in [-0.39, 0.29) is 24.8 Å². The van der Waals surface area contributed by atoms with E-state index >= 15 is 0 Å². The molecule has 0 heterocycles. The van der Waals surface area contributed by atoms with Crippen LogP contribution < -0.4 is 5.32 Å². The summed E-state index contributed by atoms with van der Waals surface area (Å²) in [5.41, 5.74) is 1.50. The molecule has 2 aromatic carbocycles. The van der Waals surface area contributed by atoms with Gasteiger partial charge >= 0.3 is 0 Å². The molecule has 1 N–H and O–H groups in total. The van der Waals surface area contributed by atoms with Crippen molar-refractivity contribution in [3.8, 4) is 0 Å². The van der Waals surface area contributed by atoms with Gasteiger partial charge in [0, 0.05) is 13.1 Å². The van der Waals surface area contributed by atoms with Crippen molar-refractivity contribution in [3.63, 3.8) is 0 Å². The molecule has 2 rings (SSSR count). The van der Waals surface area contributed by atoms with Crippen molar-refractivity contribution >= 4 is 58.2 Å². The molecule has 31 heavy (non-hydrogen) atoms. The van der Waals surface area contributed by atoms with Gasteiger partial charge in [0.25, 0.3) is 0 Å². The van der Waals surface area contributed by atoms with Gasteiger partial charge in [0.2, 0.25) is 11.8 Å². The second-order valence-corrected chi connectivity index (χ2v) is 9.39. The van der Waals surface area contributed by atoms with Crippen LogP contribution >= 0.6 is 46.4 Å². The van der Waals surface area contributed by atoms with E-state index in [1.165, 1.54) is 0 Å². The first kappa shape index (κ1) is 25.8. The number of hydrogen-bond acceptors (Lipinski definition) is 2. The summed E-state index contributed by atoms with van der Waals surface area (Å²) in [4.78, 5) is 27.8. The molecule has 0 aromatic heterocycles. The largest absolute Gasteiger partial charge is 0.354 e. The summed E-state index contributed by atoms with van der Waals surface area (Å²) in [6.07, 6.45) is 0.560. The number of hydrogen-bond donors (Lipinski definition) is 1. The monoisotopic (exact) mass is 502 g/mol. The average molecular weight is 504 g/mol. The maximum atomic E-state index is 13.3. The van der Waals surface area contributed by atoms with Crippen molar-refractivity contribution in [2.24, 2.45) is 5.92 Å². The Morgan fingerprint density at radius 3 is 1.97 bits per heavy atom. The quantitative estimate of drug-likeness (QED) is 0.429. The lowest BCUT2D eigenvalue weighted by atomic mass is 10.1. The smallest absolute Gasteiger partial charge is 0.242 e. The third kappa shape index (κ3) is 7.57. The van der Waals surface area contributed by atoms with Crippen LogP contribution in [0, 0.1) is 5.92 Å². The van der Waals surface area contributed by atoms with E-state index in [1.54, 1.807) is 41.3 Å². The summed E-state index contributed by atoms with van der Waals surface area (Å²) in [5, 5.41) is 4.57. The maximum absolute atomic E-state index is 13.3. The van der Waals surface area contributed by atoms with Crippen molar-refractivity contribution in [3.05, 3.63) is 67.6 Å². The van der Waals surface area contributed by atoms with E-state index in [0.29, 0.717) is 39.0 Å². The third-order valence-corrected chi connectivity index (χ3v) is 6.22. The van der Waals surface area contributed by atoms with Gasteiger partial charge in [-0.3, -0.25) is 9.59 Å². The van der Waals surface area contributed by atoms with Crippen LogP contribution in [0.2, 0.25) is 20.1 Å². The fourth-order valence-corrected chi connectivity index (χ4v) is 3.74. The second kappa shape index (κ2) is 12.0. The highest BCUT2D eigenvalue weighted by Gasteiger charge is 2.29. The average Bonchev–Trinajstić information content (AvgIpc) is 2.71. The van der Waals surface area contributed by atoms with Gasteiger partial charge in [-0.1, -0.05) is 79.3 Å². The highest BCUT2D eigenvalue weighted by atomic mass is 35.5. The van der Waals surface area contributed by atoms with Gasteiger partial charge in [-0.2, -0.15) is 0 Å². The lowest BCUT2D eigenvalue weighted by Gasteiger charge is -2.31. The van der Waals surface area contributed by atoms with E-state index in [9.17, 15) is 9.59 Å². The molecule has 0 spiro atoms. The van der Waals surface area contributed by atoms with Crippen molar-refractivity contribution in [1.29, 1.82) is 0 Å². The maximum Gasteiger partial charge on any atom is 0.242 e. The molecule has 4 nitrogen and oxygen atoms in total. The minimum absolute atomic E-state index is 0.0895. The van der Waals surface area contributed by atoms with Crippen molar-refractivity contribution in [2.75, 3.05) is 6.54 Å². The van der Waals surface area contributed by atoms with Crippen molar-refractivity contribution < 1.29 is 9.59 Å². The molecule has 0 unspecified atom stereocenters. The Bertz CT molecular complexity index is 934. The van der Waals surface area contributed by atoms with Gasteiger partial charge in [-0.05, 0) is 47.7 Å². The number of amides is 2. The fourth-order valence-electron chi connectivity index (χ4n) is 3.10. The number of rotatable bonds is 9. The Morgan fingerprint density at radius 1 is 0.903 bits per heavy atom. The molecule has 0 aliphatic heterocycles. The Balaban J connectivity index is 2.31. The Labute approximate surface area is 203 Å². The van der Waals surface area contributed by atoms with E-state index < -0.39 is 6.04 Å². The Morgan fingerprint density at radius 2 is 1.45 bits per heavy atom. The zero-order valence-corrected chi connectivity index (χ0v) is 20.7. The molecule has 1 atom stereocenters. The summed E-state index contributed by atoms with van der Waals surface area (Å²) >= 11 is 24.3. The number of carbonyl (C=O) groups is 2. The van der Waals surface area contributed by atoms with E-state index in [2.05, 4.69) is 5.32 Å². The van der Waals surface area contributed by atoms with Gasteiger partial charge < -0.3 is 10.2 Å². The van der Waals surface area contributed by atoms with Gasteiger partial charge in [0.05, 0.1) is 26.5 Å². The predicted molar refractivity (Wildman–Crippen MR) is 129 cm³/mol. The number of nitrogens with zero attached hydrogens (tertiary/aromatic N) is 1. The van der Waals surface area contributed by atoms with Crippen molar-refractivity contribution in [2.45, 2.75) is 46.2 Å². The molecule has 0 radical (unpaired) electrons. The SMILES string of the molecule is CC[C@H](C(=O)NCC(C)C)N(Cc1ccc(Cl)c(Cl)c1)C(=O)Cc1ccc(Cl)c(Cl)c1. The first-order valence-corrected chi connectivity index (χ1v) is 11.6. The van der Waals surface area contributed by atoms with Crippen LogP contribution in [0.1, 0.15) is 38.3 Å². The summed E-state index contributed by atoms with van der Waals surface area (Å²) in [6.45, 7) is 6.68. The van der Waals surface area contributed by atoms with Crippen LogP contribution in [0.25, 0.3) is 0 Å². The third-order valence-electron chi connectivity index (χ3n) is 4.75. The van der Waals surface area contributed by atoms with Gasteiger partial charge in [-0.15, -0.1) is 0 Å². The molecule has 0 saturated heterocycles. The van der Waals surface area contributed by atoms with Crippen LogP contribution in [-0.2, 0) is 22.6 Å². The minimum Gasteiger partial charge on any atom is -0.354 e. The Kier molecular flexibility index (Phi) is 9.95. The molecular formula is C23H26Cl4N2O2. The van der Waals surface area contributed by atoms with E-state index in [1.807, 2.05) is 20.8 Å². The fraction of sp³-hybridized carbons (Fsp3) is 0.391. The second-order valence-electron chi connectivity index (χ2n) is 7.76. The highest BCUT2D eigenvalue weighted by Crippen LogP contribution is 2.26. The minimum atomic E-state index is -0.622. The number of nitrogens with one attached hydrogen (secondary N) is 1. The summed E-state index contributed by atoms with van der Waals surface area (Å²) in [5.74, 6) is -0.0772. The molecule has 8 heteroatoms. The molecule has 0 saturated carbocycles. The standard InChI is InChI=1S/C23H26Cl4N2O2/c1-4-21(23(31)28-12-14(2)3)29(13-16-6-8-18(25)20(27)10-16)22(30)11-15-5-7-17(24)19(26)9-15/h5-10,14,21H,4,11-13H2,1-3H3,(H,28,31)/t21-/m1/s1. The molecular weight excluding hydrogens is 478 g/mol. The van der Waals surface area contributed by atoms with Crippen LogP contribution in [0.4, 0.5) is 0 Å². The van der Waals surface area contributed by atoms with Crippen molar-refractivity contribution in [1.82, 2.24) is 10.2 Å². The molecule has 2 amide bonds. The van der Waals surface area contributed by atoms with Crippen LogP contribution in [0.5, 0.6) is 0 Å². The van der Waals surface area contributed by atoms with Crippen LogP contribution in [0.15, 0.2) is 36.4 Å². The predicted octanol–water partition coefficient (Wildman–Crippen LogP) is 6.42. The number of halogens is 4. The first-order valence-electron chi connectivity index (χ1n) is 10.1. The topological polar surface area (TPSA) is 49.4 Å². The number of benzene rings is 2. The lowest BCUT2D eigenvalue weighted by Crippen LogP contribution is -2.50. The molecule has 168 valence electrons. The van der Waals surface area contributed by atoms with Crippen LogP contribution in [-0.4, -0.2) is 29.3 Å². The summed E-state index contributed by atoms with van der Waals surface area (Å²) < 4.78 is 0. The highest BCUT2D eigenvalue weighted by molar-refractivity contribution is 6.42. The first-order chi connectivity index (χ1) is 14.6.